The molecule has 0 spiro atoms. The van der Waals surface area contributed by atoms with Crippen LogP contribution in [0.1, 0.15) is 29.0 Å². The van der Waals surface area contributed by atoms with Crippen molar-refractivity contribution in [3.05, 3.63) is 77.0 Å². The maximum Gasteiger partial charge on any atom is 0.273 e. The molecule has 1 fully saturated rings. The van der Waals surface area contributed by atoms with Crippen LogP contribution < -0.4 is 5.56 Å². The van der Waals surface area contributed by atoms with Crippen molar-refractivity contribution in [2.24, 2.45) is 0 Å². The molecule has 4 aromatic rings. The summed E-state index contributed by atoms with van der Waals surface area (Å²) in [5, 5.41) is 4.47. The molecule has 0 N–H and O–H groups in total. The first kappa shape index (κ1) is 18.3. The summed E-state index contributed by atoms with van der Waals surface area (Å²) in [7, 11) is 0. The third-order valence-corrected chi connectivity index (χ3v) is 5.55. The van der Waals surface area contributed by atoms with Crippen molar-refractivity contribution < 1.29 is 4.79 Å². The van der Waals surface area contributed by atoms with Gasteiger partial charge in [0.05, 0.1) is 18.3 Å². The van der Waals surface area contributed by atoms with Crippen molar-refractivity contribution in [1.29, 1.82) is 0 Å². The highest BCUT2D eigenvalue weighted by Gasteiger charge is 2.32. The van der Waals surface area contributed by atoms with E-state index in [1.54, 1.807) is 29.4 Å². The molecule has 0 aliphatic carbocycles. The van der Waals surface area contributed by atoms with E-state index in [0.29, 0.717) is 30.3 Å². The van der Waals surface area contributed by atoms with Gasteiger partial charge in [-0.05, 0) is 38.0 Å². The average molecular weight is 403 g/mol. The van der Waals surface area contributed by atoms with E-state index >= 15 is 0 Å². The summed E-state index contributed by atoms with van der Waals surface area (Å²) in [6.45, 7) is 2.85. The van der Waals surface area contributed by atoms with Crippen LogP contribution in [0.5, 0.6) is 0 Å². The van der Waals surface area contributed by atoms with Crippen LogP contribution in [0.25, 0.3) is 11.5 Å². The van der Waals surface area contributed by atoms with Gasteiger partial charge in [-0.3, -0.25) is 18.6 Å². The molecule has 4 aromatic heterocycles. The monoisotopic (exact) mass is 403 g/mol. The number of pyridine rings is 1. The second-order valence-corrected chi connectivity index (χ2v) is 7.45. The molecular formula is C21H21N7O2. The molecule has 5 heterocycles. The lowest BCUT2D eigenvalue weighted by Crippen LogP contribution is -2.41. The number of carbonyl (C=O) groups is 1. The van der Waals surface area contributed by atoms with E-state index in [9.17, 15) is 9.59 Å². The van der Waals surface area contributed by atoms with Gasteiger partial charge in [0, 0.05) is 31.2 Å². The van der Waals surface area contributed by atoms with Crippen molar-refractivity contribution >= 4 is 11.6 Å². The van der Waals surface area contributed by atoms with Gasteiger partial charge in [0.1, 0.15) is 17.7 Å². The largest absolute Gasteiger partial charge is 0.332 e. The van der Waals surface area contributed by atoms with E-state index in [2.05, 4.69) is 15.1 Å². The Balaban J connectivity index is 1.45. The van der Waals surface area contributed by atoms with Crippen LogP contribution in [-0.2, 0) is 6.54 Å². The van der Waals surface area contributed by atoms with E-state index in [1.807, 2.05) is 40.6 Å². The van der Waals surface area contributed by atoms with Crippen LogP contribution in [0.3, 0.4) is 0 Å². The summed E-state index contributed by atoms with van der Waals surface area (Å²) in [6.07, 6.45) is 8.64. The van der Waals surface area contributed by atoms with Gasteiger partial charge in [-0.1, -0.05) is 6.07 Å². The number of nitrogens with zero attached hydrogens (tertiary/aromatic N) is 7. The average Bonchev–Trinajstić information content (AvgIpc) is 3.48. The lowest BCUT2D eigenvalue weighted by atomic mass is 10.2. The highest BCUT2D eigenvalue weighted by molar-refractivity contribution is 5.95. The second kappa shape index (κ2) is 7.25. The molecule has 0 radical (unpaired) electrons. The molecule has 1 atom stereocenters. The number of amides is 1. The first-order valence-electron chi connectivity index (χ1n) is 9.93. The number of aryl methyl sites for hydroxylation is 1. The number of aromatic nitrogens is 6. The Morgan fingerprint density at radius 3 is 2.93 bits per heavy atom. The summed E-state index contributed by atoms with van der Waals surface area (Å²) in [5.41, 5.74) is 1.84. The van der Waals surface area contributed by atoms with Gasteiger partial charge < -0.3 is 4.90 Å². The molecule has 1 saturated heterocycles. The second-order valence-electron chi connectivity index (χ2n) is 7.45. The fourth-order valence-corrected chi connectivity index (χ4v) is 4.10. The van der Waals surface area contributed by atoms with Crippen LogP contribution in [0.2, 0.25) is 0 Å². The van der Waals surface area contributed by atoms with E-state index in [0.717, 1.165) is 18.5 Å². The Hall–Kier alpha value is -3.75. The van der Waals surface area contributed by atoms with Crippen LogP contribution in [0.4, 0.5) is 0 Å². The number of hydrogen-bond acceptors (Lipinski definition) is 5. The highest BCUT2D eigenvalue weighted by Crippen LogP contribution is 2.23. The van der Waals surface area contributed by atoms with Gasteiger partial charge in [0.15, 0.2) is 5.82 Å². The standard InChI is InChI=1S/C21H21N7O2/c1-15-20(27-10-3-2-6-17(27)23-15)21(30)26-11-4-5-16(26)13-28-19(29)8-7-18(24-28)25-12-9-22-14-25/h2-3,6-10,12,14,16H,4-5,11,13H2,1H3. The highest BCUT2D eigenvalue weighted by atomic mass is 16.2. The third-order valence-electron chi connectivity index (χ3n) is 5.55. The van der Waals surface area contributed by atoms with Crippen LogP contribution >= 0.6 is 0 Å². The minimum atomic E-state index is -0.191. The summed E-state index contributed by atoms with van der Waals surface area (Å²) in [6, 6.07) is 8.74. The Labute approximate surface area is 172 Å². The lowest BCUT2D eigenvalue weighted by Gasteiger charge is -2.25. The Morgan fingerprint density at radius 1 is 1.20 bits per heavy atom. The minimum Gasteiger partial charge on any atom is -0.332 e. The van der Waals surface area contributed by atoms with Gasteiger partial charge in [-0.25, -0.2) is 14.6 Å². The number of likely N-dealkylation sites (tertiary alicyclic amines) is 1. The molecule has 9 heteroatoms. The zero-order valence-corrected chi connectivity index (χ0v) is 16.5. The number of rotatable bonds is 4. The zero-order valence-electron chi connectivity index (χ0n) is 16.5. The molecule has 1 amide bonds. The molecule has 1 unspecified atom stereocenters. The summed E-state index contributed by atoms with van der Waals surface area (Å²) >= 11 is 0. The molecule has 9 nitrogen and oxygen atoms in total. The predicted molar refractivity (Wildman–Crippen MR) is 110 cm³/mol. The van der Waals surface area contributed by atoms with Gasteiger partial charge >= 0.3 is 0 Å². The van der Waals surface area contributed by atoms with E-state index in [4.69, 9.17) is 0 Å². The zero-order chi connectivity index (χ0) is 20.7. The number of carbonyl (C=O) groups excluding carboxylic acids is 1. The van der Waals surface area contributed by atoms with Crippen molar-refractivity contribution in [2.45, 2.75) is 32.4 Å². The number of imidazole rings is 2. The minimum absolute atomic E-state index is 0.0625. The van der Waals surface area contributed by atoms with E-state index < -0.39 is 0 Å². The van der Waals surface area contributed by atoms with Gasteiger partial charge in [-0.15, -0.1) is 0 Å². The molecule has 0 aromatic carbocycles. The molecule has 0 saturated carbocycles. The third kappa shape index (κ3) is 3.08. The van der Waals surface area contributed by atoms with Crippen LogP contribution in [-0.4, -0.2) is 52.1 Å². The van der Waals surface area contributed by atoms with Crippen LogP contribution in [0, 0.1) is 6.92 Å². The number of hydrogen-bond donors (Lipinski definition) is 0. The SMILES string of the molecule is Cc1nc2ccccn2c1C(=O)N1CCCC1Cn1nc(-n2ccnc2)ccc1=O. The molecule has 1 aliphatic rings. The Morgan fingerprint density at radius 2 is 2.10 bits per heavy atom. The van der Waals surface area contributed by atoms with Gasteiger partial charge in [-0.2, -0.15) is 5.10 Å². The van der Waals surface area contributed by atoms with Crippen molar-refractivity contribution in [3.63, 3.8) is 0 Å². The van der Waals surface area contributed by atoms with E-state index in [1.165, 1.54) is 10.7 Å². The summed E-state index contributed by atoms with van der Waals surface area (Å²) < 4.78 is 5.01. The topological polar surface area (TPSA) is 90.3 Å². The molecule has 5 rings (SSSR count). The summed E-state index contributed by atoms with van der Waals surface area (Å²) in [4.78, 5) is 36.2. The van der Waals surface area contributed by atoms with Crippen molar-refractivity contribution in [2.75, 3.05) is 6.54 Å². The first-order valence-corrected chi connectivity index (χ1v) is 9.93. The maximum absolute atomic E-state index is 13.4. The quantitative estimate of drug-likeness (QED) is 0.517. The normalized spacial score (nSPS) is 16.4. The van der Waals surface area contributed by atoms with Crippen molar-refractivity contribution in [1.82, 2.24) is 33.6 Å². The smallest absolute Gasteiger partial charge is 0.273 e. The van der Waals surface area contributed by atoms with Gasteiger partial charge in [0.25, 0.3) is 11.5 Å². The summed E-state index contributed by atoms with van der Waals surface area (Å²) in [5.74, 6) is 0.549. The lowest BCUT2D eigenvalue weighted by molar-refractivity contribution is 0.0712. The molecule has 30 heavy (non-hydrogen) atoms. The van der Waals surface area contributed by atoms with Gasteiger partial charge in [0.2, 0.25) is 0 Å². The van der Waals surface area contributed by atoms with Crippen LogP contribution in [0.15, 0.2) is 60.0 Å². The molecular weight excluding hydrogens is 382 g/mol. The molecule has 1 aliphatic heterocycles. The maximum atomic E-state index is 13.4. The predicted octanol–water partition coefficient (Wildman–Crippen LogP) is 1.69. The molecule has 0 bridgehead atoms. The number of fused-ring (bicyclic) bond motifs is 1. The van der Waals surface area contributed by atoms with Crippen molar-refractivity contribution in [3.8, 4) is 5.82 Å². The van der Waals surface area contributed by atoms with E-state index in [-0.39, 0.29) is 17.5 Å². The Kier molecular flexibility index (Phi) is 4.42. The first-order chi connectivity index (χ1) is 14.6. The fourth-order valence-electron chi connectivity index (χ4n) is 4.10. The Bertz CT molecular complexity index is 1270. The molecule has 152 valence electrons. The fraction of sp³-hybridized carbons (Fsp3) is 0.286.